The molecular weight excluding hydrogens is 330 g/mol. The third kappa shape index (κ3) is 4.76. The predicted octanol–water partition coefficient (Wildman–Crippen LogP) is 2.42. The second-order valence-corrected chi connectivity index (χ2v) is 5.53. The fourth-order valence-corrected chi connectivity index (χ4v) is 2.29. The molecule has 0 aliphatic rings. The van der Waals surface area contributed by atoms with E-state index in [0.717, 1.165) is 16.9 Å². The van der Waals surface area contributed by atoms with Gasteiger partial charge in [0.2, 0.25) is 0 Å². The SMILES string of the molecule is COc1ccc(CNc2cc(C(=O)NCc3ccncc3)ncn2)cc1. The molecule has 26 heavy (non-hydrogen) atoms. The Labute approximate surface area is 151 Å². The third-order valence-corrected chi connectivity index (χ3v) is 3.73. The lowest BCUT2D eigenvalue weighted by atomic mass is 10.2. The van der Waals surface area contributed by atoms with Crippen molar-refractivity contribution in [1.82, 2.24) is 20.3 Å². The average molecular weight is 349 g/mol. The summed E-state index contributed by atoms with van der Waals surface area (Å²) in [5.74, 6) is 1.14. The van der Waals surface area contributed by atoms with Gasteiger partial charge in [-0.15, -0.1) is 0 Å². The number of pyridine rings is 1. The summed E-state index contributed by atoms with van der Waals surface area (Å²) < 4.78 is 5.14. The van der Waals surface area contributed by atoms with Gasteiger partial charge in [-0.3, -0.25) is 9.78 Å². The maximum Gasteiger partial charge on any atom is 0.270 e. The summed E-state index contributed by atoms with van der Waals surface area (Å²) in [6.07, 6.45) is 4.75. The molecule has 3 rings (SSSR count). The first-order chi connectivity index (χ1) is 12.7. The summed E-state index contributed by atoms with van der Waals surface area (Å²) in [6.45, 7) is 0.999. The van der Waals surface area contributed by atoms with Crippen molar-refractivity contribution >= 4 is 11.7 Å². The Morgan fingerprint density at radius 1 is 1.00 bits per heavy atom. The van der Waals surface area contributed by atoms with Crippen LogP contribution in [0.2, 0.25) is 0 Å². The Morgan fingerprint density at radius 2 is 1.73 bits per heavy atom. The van der Waals surface area contributed by atoms with Crippen LogP contribution in [0.3, 0.4) is 0 Å². The lowest BCUT2D eigenvalue weighted by Gasteiger charge is -2.08. The number of hydrogen-bond acceptors (Lipinski definition) is 6. The quantitative estimate of drug-likeness (QED) is 0.681. The van der Waals surface area contributed by atoms with Gasteiger partial charge in [-0.2, -0.15) is 0 Å². The summed E-state index contributed by atoms with van der Waals surface area (Å²) in [7, 11) is 1.63. The van der Waals surface area contributed by atoms with Gasteiger partial charge in [0.05, 0.1) is 7.11 Å². The van der Waals surface area contributed by atoms with Crippen molar-refractivity contribution in [2.45, 2.75) is 13.1 Å². The molecule has 3 aromatic rings. The van der Waals surface area contributed by atoms with E-state index in [-0.39, 0.29) is 5.91 Å². The second-order valence-electron chi connectivity index (χ2n) is 5.53. The van der Waals surface area contributed by atoms with Gasteiger partial charge >= 0.3 is 0 Å². The molecule has 1 aromatic carbocycles. The summed E-state index contributed by atoms with van der Waals surface area (Å²) in [5, 5.41) is 6.02. The number of rotatable bonds is 7. The molecule has 2 aromatic heterocycles. The number of nitrogens with zero attached hydrogens (tertiary/aromatic N) is 3. The predicted molar refractivity (Wildman–Crippen MR) is 97.8 cm³/mol. The largest absolute Gasteiger partial charge is 0.497 e. The number of ether oxygens (including phenoxy) is 1. The monoisotopic (exact) mass is 349 g/mol. The average Bonchev–Trinajstić information content (AvgIpc) is 2.72. The van der Waals surface area contributed by atoms with Gasteiger partial charge in [0.25, 0.3) is 5.91 Å². The minimum atomic E-state index is -0.253. The van der Waals surface area contributed by atoms with Gasteiger partial charge in [-0.25, -0.2) is 9.97 Å². The first-order valence-electron chi connectivity index (χ1n) is 8.10. The van der Waals surface area contributed by atoms with Crippen LogP contribution >= 0.6 is 0 Å². The Bertz CT molecular complexity index is 853. The van der Waals surface area contributed by atoms with Crippen molar-refractivity contribution in [2.75, 3.05) is 12.4 Å². The highest BCUT2D eigenvalue weighted by Crippen LogP contribution is 2.13. The summed E-state index contributed by atoms with van der Waals surface area (Å²) in [4.78, 5) is 24.4. The van der Waals surface area contributed by atoms with Crippen molar-refractivity contribution in [3.63, 3.8) is 0 Å². The molecule has 2 N–H and O–H groups in total. The van der Waals surface area contributed by atoms with Crippen molar-refractivity contribution < 1.29 is 9.53 Å². The van der Waals surface area contributed by atoms with Crippen LogP contribution in [0.15, 0.2) is 61.2 Å². The fraction of sp³-hybridized carbons (Fsp3) is 0.158. The van der Waals surface area contributed by atoms with Crippen LogP contribution < -0.4 is 15.4 Å². The molecule has 0 aliphatic heterocycles. The minimum Gasteiger partial charge on any atom is -0.497 e. The number of hydrogen-bond donors (Lipinski definition) is 2. The number of amides is 1. The van der Waals surface area contributed by atoms with Crippen LogP contribution in [0, 0.1) is 0 Å². The van der Waals surface area contributed by atoms with Crippen LogP contribution in [0.5, 0.6) is 5.75 Å². The molecule has 7 heteroatoms. The lowest BCUT2D eigenvalue weighted by molar-refractivity contribution is 0.0946. The molecule has 0 radical (unpaired) electrons. The highest BCUT2D eigenvalue weighted by atomic mass is 16.5. The zero-order chi connectivity index (χ0) is 18.2. The van der Waals surface area contributed by atoms with Gasteiger partial charge in [0, 0.05) is 31.5 Å². The van der Waals surface area contributed by atoms with E-state index in [1.165, 1.54) is 6.33 Å². The molecule has 0 saturated heterocycles. The first kappa shape index (κ1) is 17.3. The van der Waals surface area contributed by atoms with Gasteiger partial charge in [0.1, 0.15) is 23.6 Å². The van der Waals surface area contributed by atoms with Crippen LogP contribution in [-0.4, -0.2) is 28.0 Å². The minimum absolute atomic E-state index is 0.253. The maximum absolute atomic E-state index is 12.3. The third-order valence-electron chi connectivity index (χ3n) is 3.73. The van der Waals surface area contributed by atoms with Gasteiger partial charge < -0.3 is 15.4 Å². The van der Waals surface area contributed by atoms with E-state index >= 15 is 0 Å². The molecular formula is C19H19N5O2. The Kier molecular flexibility index (Phi) is 5.72. The summed E-state index contributed by atoms with van der Waals surface area (Å²) in [5.41, 5.74) is 2.36. The van der Waals surface area contributed by atoms with Crippen molar-refractivity contribution in [3.8, 4) is 5.75 Å². The molecule has 0 unspecified atom stereocenters. The van der Waals surface area contributed by atoms with Crippen molar-refractivity contribution in [3.05, 3.63) is 78.0 Å². The molecule has 1 amide bonds. The zero-order valence-electron chi connectivity index (χ0n) is 14.3. The van der Waals surface area contributed by atoms with E-state index in [1.807, 2.05) is 36.4 Å². The van der Waals surface area contributed by atoms with Gasteiger partial charge in [-0.05, 0) is 35.4 Å². The molecule has 0 spiro atoms. The molecule has 7 nitrogen and oxygen atoms in total. The Morgan fingerprint density at radius 3 is 2.46 bits per heavy atom. The molecule has 0 atom stereocenters. The normalized spacial score (nSPS) is 10.2. The van der Waals surface area contributed by atoms with E-state index in [0.29, 0.717) is 24.6 Å². The smallest absolute Gasteiger partial charge is 0.270 e. The highest BCUT2D eigenvalue weighted by Gasteiger charge is 2.08. The number of carbonyl (C=O) groups excluding carboxylic acids is 1. The van der Waals surface area contributed by atoms with Gasteiger partial charge in [0.15, 0.2) is 0 Å². The molecule has 0 fully saturated rings. The molecule has 2 heterocycles. The van der Waals surface area contributed by atoms with Crippen LogP contribution in [0.25, 0.3) is 0 Å². The Hall–Kier alpha value is -3.48. The summed E-state index contributed by atoms with van der Waals surface area (Å²) >= 11 is 0. The summed E-state index contributed by atoms with van der Waals surface area (Å²) in [6, 6.07) is 13.1. The van der Waals surface area contributed by atoms with Crippen LogP contribution in [0.4, 0.5) is 5.82 Å². The molecule has 0 bridgehead atoms. The molecule has 0 aliphatic carbocycles. The number of anilines is 1. The van der Waals surface area contributed by atoms with Gasteiger partial charge in [-0.1, -0.05) is 12.1 Å². The van der Waals surface area contributed by atoms with Crippen LogP contribution in [0.1, 0.15) is 21.6 Å². The fourth-order valence-electron chi connectivity index (χ4n) is 2.29. The maximum atomic E-state index is 12.3. The van der Waals surface area contributed by atoms with E-state index in [4.69, 9.17) is 4.74 Å². The number of benzene rings is 1. The van der Waals surface area contributed by atoms with E-state index in [9.17, 15) is 4.79 Å². The number of nitrogens with one attached hydrogen (secondary N) is 2. The zero-order valence-corrected chi connectivity index (χ0v) is 14.3. The number of methoxy groups -OCH3 is 1. The first-order valence-corrected chi connectivity index (χ1v) is 8.10. The topological polar surface area (TPSA) is 89.0 Å². The van der Waals surface area contributed by atoms with E-state index < -0.39 is 0 Å². The van der Waals surface area contributed by atoms with E-state index in [2.05, 4.69) is 25.6 Å². The molecule has 0 saturated carbocycles. The standard InChI is InChI=1S/C19H19N5O2/c1-26-16-4-2-14(3-5-16)11-21-18-10-17(23-13-24-18)19(25)22-12-15-6-8-20-9-7-15/h2-10,13H,11-12H2,1H3,(H,22,25)(H,21,23,24). The van der Waals surface area contributed by atoms with Crippen LogP contribution in [-0.2, 0) is 13.1 Å². The van der Waals surface area contributed by atoms with Crippen molar-refractivity contribution in [2.24, 2.45) is 0 Å². The highest BCUT2D eigenvalue weighted by molar-refractivity contribution is 5.92. The van der Waals surface area contributed by atoms with E-state index in [1.54, 1.807) is 25.6 Å². The number of aromatic nitrogens is 3. The Balaban J connectivity index is 1.57. The number of carbonyl (C=O) groups is 1. The lowest BCUT2D eigenvalue weighted by Crippen LogP contribution is -2.24. The van der Waals surface area contributed by atoms with Crippen molar-refractivity contribution in [1.29, 1.82) is 0 Å². The second kappa shape index (κ2) is 8.57. The molecule has 132 valence electrons.